The maximum Gasteiger partial charge on any atom is 0.343 e. The van der Waals surface area contributed by atoms with Crippen LogP contribution in [0.5, 0.6) is 0 Å². The first kappa shape index (κ1) is 20.2. The van der Waals surface area contributed by atoms with Gasteiger partial charge in [0.2, 0.25) is 0 Å². The Morgan fingerprint density at radius 3 is 2.79 bits per heavy atom. The third-order valence-corrected chi connectivity index (χ3v) is 6.60. The number of hydrogen-bond acceptors (Lipinski definition) is 5. The molecule has 1 aliphatic heterocycles. The van der Waals surface area contributed by atoms with Crippen molar-refractivity contribution in [2.45, 2.75) is 38.1 Å². The van der Waals surface area contributed by atoms with Crippen molar-refractivity contribution in [3.8, 4) is 22.4 Å². The highest BCUT2D eigenvalue weighted by molar-refractivity contribution is 14.2. The number of benzene rings is 1. The highest BCUT2D eigenvalue weighted by Gasteiger charge is 2.43. The molecule has 0 atom stereocenters. The zero-order valence-electron chi connectivity index (χ0n) is 15.8. The largest absolute Gasteiger partial charge is 0.462 e. The van der Waals surface area contributed by atoms with Crippen molar-refractivity contribution in [3.63, 3.8) is 0 Å². The molecule has 2 aromatic rings. The lowest BCUT2D eigenvalue weighted by Crippen LogP contribution is -2.46. The van der Waals surface area contributed by atoms with Crippen LogP contribution in [0.25, 0.3) is 11.3 Å². The number of aldehydes is 1. The monoisotopic (exact) mass is 519 g/mol. The molecular weight excluding hydrogens is 501 g/mol. The summed E-state index contributed by atoms with van der Waals surface area (Å²) in [5.41, 5.74) is 3.43. The summed E-state index contributed by atoms with van der Waals surface area (Å²) in [6.07, 6.45) is 6.28. The third kappa shape index (κ3) is 3.42. The Bertz CT molecular complexity index is 1140. The van der Waals surface area contributed by atoms with E-state index in [0.29, 0.717) is 11.1 Å². The van der Waals surface area contributed by atoms with Crippen LogP contribution in [0.15, 0.2) is 29.2 Å². The van der Waals surface area contributed by atoms with Gasteiger partial charge in [0, 0.05) is 55.7 Å². The molecule has 5 nitrogen and oxygen atoms in total. The summed E-state index contributed by atoms with van der Waals surface area (Å²) in [5.74, 6) is 2.45. The number of carbonyl (C=O) groups is 2. The molecule has 0 N–H and O–H groups in total. The predicted molar refractivity (Wildman–Crippen MR) is 122 cm³/mol. The van der Waals surface area contributed by atoms with Crippen LogP contribution in [0.1, 0.15) is 58.0 Å². The molecule has 1 aliphatic carbocycles. The Morgan fingerprint density at radius 2 is 2.17 bits per heavy atom. The molecule has 29 heavy (non-hydrogen) atoms. The Labute approximate surface area is 184 Å². The number of pyridine rings is 1. The molecule has 1 spiro atoms. The third-order valence-electron chi connectivity index (χ3n) is 5.76. The number of aromatic nitrogens is 1. The first-order chi connectivity index (χ1) is 14.0. The van der Waals surface area contributed by atoms with Crippen molar-refractivity contribution >= 4 is 42.4 Å². The van der Waals surface area contributed by atoms with Gasteiger partial charge in [0.05, 0.1) is 12.3 Å². The van der Waals surface area contributed by atoms with E-state index >= 15 is 0 Å². The second-order valence-corrected chi connectivity index (χ2v) is 8.98. The molecule has 2 aliphatic rings. The van der Waals surface area contributed by atoms with E-state index < -0.39 is 5.97 Å². The van der Waals surface area contributed by atoms with E-state index in [2.05, 4.69) is 36.9 Å². The highest BCUT2D eigenvalue weighted by Crippen LogP contribution is 2.49. The van der Waals surface area contributed by atoms with Crippen LogP contribution in [0.2, 0.25) is 0 Å². The predicted octanol–water partition coefficient (Wildman–Crippen LogP) is 4.33. The zero-order valence-corrected chi connectivity index (χ0v) is 18.8. The maximum absolute atomic E-state index is 12.7. The fourth-order valence-corrected chi connectivity index (χ4v) is 4.74. The number of ether oxygens (including phenoxy) is 1. The van der Waals surface area contributed by atoms with Crippen molar-refractivity contribution < 1.29 is 14.3 Å². The average molecular weight is 519 g/mol. The van der Waals surface area contributed by atoms with Gasteiger partial charge >= 0.3 is 5.97 Å². The molecule has 4 rings (SSSR count). The van der Waals surface area contributed by atoms with E-state index in [0.717, 1.165) is 48.8 Å². The van der Waals surface area contributed by atoms with Crippen molar-refractivity contribution in [1.82, 2.24) is 4.57 Å². The topological polar surface area (TPSA) is 65.4 Å². The smallest absolute Gasteiger partial charge is 0.343 e. The summed E-state index contributed by atoms with van der Waals surface area (Å²) < 4.78 is 7.13. The number of rotatable bonds is 3. The molecule has 1 aromatic heterocycles. The second-order valence-electron chi connectivity index (χ2n) is 7.30. The second kappa shape index (κ2) is 8.00. The van der Waals surface area contributed by atoms with Gasteiger partial charge in [-0.15, -0.1) is 0 Å². The van der Waals surface area contributed by atoms with Crippen LogP contribution in [-0.4, -0.2) is 23.4 Å². The Morgan fingerprint density at radius 1 is 1.38 bits per heavy atom. The molecule has 0 amide bonds. The molecule has 0 unspecified atom stereocenters. The molecule has 0 bridgehead atoms. The Kier molecular flexibility index (Phi) is 5.58. The van der Waals surface area contributed by atoms with Gasteiger partial charge in [0.25, 0.3) is 0 Å². The van der Waals surface area contributed by atoms with Gasteiger partial charge in [0.1, 0.15) is 5.56 Å². The summed E-state index contributed by atoms with van der Waals surface area (Å²) >= 11 is 2.10. The van der Waals surface area contributed by atoms with Gasteiger partial charge in [-0.05, 0) is 64.5 Å². The lowest BCUT2D eigenvalue weighted by molar-refractivity contribution is 0.0521. The quantitative estimate of drug-likeness (QED) is 0.262. The average Bonchev–Trinajstić information content (AvgIpc) is 2.69. The number of esters is 1. The van der Waals surface area contributed by atoms with Gasteiger partial charge in [-0.3, -0.25) is 9.59 Å². The first-order valence-corrected chi connectivity index (χ1v) is 12.7. The van der Waals surface area contributed by atoms with E-state index in [1.165, 1.54) is 15.0 Å². The van der Waals surface area contributed by atoms with E-state index in [1.54, 1.807) is 13.1 Å². The number of hydrogen-bond donors (Lipinski definition) is 0. The molecule has 7 heteroatoms. The van der Waals surface area contributed by atoms with Crippen LogP contribution in [0.4, 0.5) is 0 Å². The molecule has 1 saturated carbocycles. The lowest BCUT2D eigenvalue weighted by atomic mass is 9.69. The van der Waals surface area contributed by atoms with Crippen molar-refractivity contribution in [2.75, 3.05) is 6.61 Å². The van der Waals surface area contributed by atoms with Crippen LogP contribution in [0, 0.1) is 11.2 Å². The van der Waals surface area contributed by atoms with Crippen molar-refractivity contribution in [3.05, 3.63) is 56.9 Å². The minimum atomic E-state index is -0.594. The van der Waals surface area contributed by atoms with Crippen molar-refractivity contribution in [2.24, 2.45) is 0 Å². The molecule has 1 fully saturated rings. The van der Waals surface area contributed by atoms with Crippen molar-refractivity contribution in [1.29, 1.82) is 0 Å². The lowest BCUT2D eigenvalue weighted by Gasteiger charge is -2.48. The van der Waals surface area contributed by atoms with E-state index in [-0.39, 0.29) is 23.1 Å². The summed E-state index contributed by atoms with van der Waals surface area (Å²) in [6.45, 7) is 1.94. The number of fused-ring (bicyclic) bond motifs is 4. The normalized spacial score (nSPS) is 15.4. The zero-order chi connectivity index (χ0) is 20.6. The molecular formula is C22H18INO4S. The number of nitrogens with zero attached hydrogens (tertiary/aromatic N) is 1. The van der Waals surface area contributed by atoms with Crippen LogP contribution in [-0.2, 0) is 16.7 Å². The molecule has 2 heterocycles. The standard InChI is InChI=1S/C22H18INO4S/c1-2-28-21(27)18-12-24-19(10-20(18)26)17-9-16(13-25)14(4-7-29-23)8-15(17)11-22(24)5-3-6-22/h8-10,12-13H,2-3,5-6,11H2,1H3. The number of carbonyl (C=O) groups excluding carboxylic acids is 2. The summed E-state index contributed by atoms with van der Waals surface area (Å²) in [5, 5.41) is 2.94. The minimum Gasteiger partial charge on any atom is -0.462 e. The molecule has 148 valence electrons. The van der Waals surface area contributed by atoms with Crippen LogP contribution in [0.3, 0.4) is 0 Å². The summed E-state index contributed by atoms with van der Waals surface area (Å²) in [6, 6.07) is 5.29. The summed E-state index contributed by atoms with van der Waals surface area (Å²) in [7, 11) is 1.37. The van der Waals surface area contributed by atoms with Gasteiger partial charge in [-0.25, -0.2) is 4.79 Å². The summed E-state index contributed by atoms with van der Waals surface area (Å²) in [4.78, 5) is 36.6. The number of halogens is 1. The maximum atomic E-state index is 12.7. The minimum absolute atomic E-state index is 0.0579. The Balaban J connectivity index is 1.94. The molecule has 0 radical (unpaired) electrons. The fraction of sp³-hybridized carbons (Fsp3) is 0.318. The Hall–Kier alpha value is -2.05. The van der Waals surface area contributed by atoms with Gasteiger partial charge in [-0.2, -0.15) is 0 Å². The van der Waals surface area contributed by atoms with E-state index in [4.69, 9.17) is 4.74 Å². The highest BCUT2D eigenvalue weighted by atomic mass is 127. The van der Waals surface area contributed by atoms with Crippen LogP contribution >= 0.6 is 30.1 Å². The molecule has 0 saturated heterocycles. The first-order valence-electron chi connectivity index (χ1n) is 9.38. The SMILES string of the molecule is CCOC(=O)c1cn2c(cc1=O)-c1cc(C=O)c(C#CSI)cc1CC21CCC1. The van der Waals surface area contributed by atoms with E-state index in [9.17, 15) is 14.4 Å². The molecule has 1 aromatic carbocycles. The van der Waals surface area contributed by atoms with E-state index in [1.807, 2.05) is 12.1 Å². The van der Waals surface area contributed by atoms with Gasteiger partial charge in [-0.1, -0.05) is 5.92 Å². The van der Waals surface area contributed by atoms with Gasteiger partial charge < -0.3 is 9.30 Å². The fourth-order valence-electron chi connectivity index (χ4n) is 4.26. The van der Waals surface area contributed by atoms with Crippen LogP contribution < -0.4 is 5.43 Å². The van der Waals surface area contributed by atoms with Gasteiger partial charge in [0.15, 0.2) is 11.7 Å².